The van der Waals surface area contributed by atoms with E-state index < -0.39 is 18.2 Å². The third-order valence-corrected chi connectivity index (χ3v) is 13.6. The average Bonchev–Trinajstić information content (AvgIpc) is 3.33. The molecule has 0 fully saturated rings. The first-order chi connectivity index (χ1) is 33.5. The smallest absolute Gasteiger partial charge is 0.306 e. The minimum atomic E-state index is -0.800. The summed E-state index contributed by atoms with van der Waals surface area (Å²) in [5, 5.41) is 23.9. The average molecular weight is 955 g/mol. The van der Waals surface area contributed by atoms with Gasteiger partial charge < -0.3 is 20.3 Å². The van der Waals surface area contributed by atoms with E-state index in [1.165, 1.54) is 186 Å². The highest BCUT2D eigenvalue weighted by Crippen LogP contribution is 2.18. The second-order valence-electron chi connectivity index (χ2n) is 20.4. The van der Waals surface area contributed by atoms with Crippen molar-refractivity contribution < 1.29 is 24.5 Å². The van der Waals surface area contributed by atoms with E-state index in [1.54, 1.807) is 0 Å². The van der Waals surface area contributed by atoms with Gasteiger partial charge in [-0.2, -0.15) is 0 Å². The number of nitrogens with one attached hydrogen (secondary N) is 1. The van der Waals surface area contributed by atoms with E-state index >= 15 is 0 Å². The van der Waals surface area contributed by atoms with Crippen LogP contribution < -0.4 is 5.32 Å². The Morgan fingerprint density at radius 3 is 1.19 bits per heavy atom. The summed E-state index contributed by atoms with van der Waals surface area (Å²) < 4.78 is 5.95. The summed E-state index contributed by atoms with van der Waals surface area (Å²) in [6.07, 6.45) is 68.9. The Kier molecular flexibility index (Phi) is 54.0. The summed E-state index contributed by atoms with van der Waals surface area (Å²) in [6.45, 7) is 6.48. The molecule has 0 saturated heterocycles. The maximum absolute atomic E-state index is 13.3. The Bertz CT molecular complexity index is 1160. The van der Waals surface area contributed by atoms with Gasteiger partial charge in [-0.1, -0.05) is 256 Å². The molecular formula is C62H115NO5. The summed E-state index contributed by atoms with van der Waals surface area (Å²) in [5.41, 5.74) is 0. The van der Waals surface area contributed by atoms with Crippen LogP contribution >= 0.6 is 0 Å². The lowest BCUT2D eigenvalue weighted by atomic mass is 10.0. The first-order valence-electron chi connectivity index (χ1n) is 29.9. The number of hydrogen-bond donors (Lipinski definition) is 3. The van der Waals surface area contributed by atoms with E-state index in [1.807, 2.05) is 0 Å². The maximum Gasteiger partial charge on any atom is 0.306 e. The molecule has 0 aliphatic carbocycles. The van der Waals surface area contributed by atoms with Gasteiger partial charge >= 0.3 is 5.97 Å². The zero-order chi connectivity index (χ0) is 49.5. The minimum absolute atomic E-state index is 0.0499. The van der Waals surface area contributed by atoms with Gasteiger partial charge in [0, 0.05) is 6.42 Å². The molecule has 68 heavy (non-hydrogen) atoms. The van der Waals surface area contributed by atoms with Crippen LogP contribution in [-0.2, 0) is 14.3 Å². The van der Waals surface area contributed by atoms with Gasteiger partial charge in [-0.25, -0.2) is 0 Å². The van der Waals surface area contributed by atoms with Crippen molar-refractivity contribution >= 4 is 11.9 Å². The van der Waals surface area contributed by atoms with Crippen LogP contribution in [0.5, 0.6) is 0 Å². The first-order valence-corrected chi connectivity index (χ1v) is 29.9. The molecule has 0 aromatic carbocycles. The molecule has 1 amide bonds. The Morgan fingerprint density at radius 1 is 0.426 bits per heavy atom. The number of ether oxygens (including phenoxy) is 1. The SMILES string of the molecule is CCCCC/C=C\C/C=C\C/C=C\CCCCC(CC(=O)NC(CO)C(O)CCCCCCCCCCCCCCCCCC)OC(=O)CCCCCCC/C=C/CCCCCCCCCCC. The summed E-state index contributed by atoms with van der Waals surface area (Å²) in [5.74, 6) is -0.510. The normalized spacial score (nSPS) is 13.4. The maximum atomic E-state index is 13.3. The van der Waals surface area contributed by atoms with Crippen LogP contribution in [0, 0.1) is 0 Å². The number of hydrogen-bond acceptors (Lipinski definition) is 5. The van der Waals surface area contributed by atoms with Crippen molar-refractivity contribution in [2.24, 2.45) is 0 Å². The first kappa shape index (κ1) is 65.8. The quantitative estimate of drug-likeness (QED) is 0.0321. The Labute approximate surface area is 423 Å². The minimum Gasteiger partial charge on any atom is -0.462 e. The van der Waals surface area contributed by atoms with E-state index in [2.05, 4.69) is 74.7 Å². The molecule has 3 unspecified atom stereocenters. The topological polar surface area (TPSA) is 95.9 Å². The standard InChI is InChI=1S/C62H115NO5/c1-4-7-10-13-16-19-22-25-28-30-31-34-37-40-43-46-49-52-55-62(67)68-58(53-50-47-44-41-38-35-32-27-24-21-18-15-12-9-6-3)56-61(66)63-59(57-64)60(65)54-51-48-45-42-39-36-33-29-26-23-20-17-14-11-8-5-2/h18,21,27,31-32,34,38,41,58-60,64-65H,4-17,19-20,22-26,28-30,33,35-37,39-40,42-57H2,1-3H3,(H,63,66)/b21-18-,32-27-,34-31+,41-38-. The molecule has 3 atom stereocenters. The highest BCUT2D eigenvalue weighted by atomic mass is 16.5. The van der Waals surface area contributed by atoms with Gasteiger partial charge in [-0.05, 0) is 89.9 Å². The lowest BCUT2D eigenvalue weighted by Crippen LogP contribution is -2.46. The molecule has 6 nitrogen and oxygen atoms in total. The zero-order valence-electron chi connectivity index (χ0n) is 45.5. The van der Waals surface area contributed by atoms with Gasteiger partial charge in [0.2, 0.25) is 5.91 Å². The number of aliphatic hydroxyl groups is 2. The van der Waals surface area contributed by atoms with E-state index in [-0.39, 0.29) is 24.9 Å². The second-order valence-corrected chi connectivity index (χ2v) is 20.4. The van der Waals surface area contributed by atoms with Crippen LogP contribution in [0.15, 0.2) is 48.6 Å². The van der Waals surface area contributed by atoms with Crippen LogP contribution in [0.1, 0.15) is 310 Å². The highest BCUT2D eigenvalue weighted by molar-refractivity contribution is 5.77. The molecule has 0 aromatic heterocycles. The predicted molar refractivity (Wildman–Crippen MR) is 296 cm³/mol. The van der Waals surface area contributed by atoms with Gasteiger partial charge in [0.15, 0.2) is 0 Å². The zero-order valence-corrected chi connectivity index (χ0v) is 45.5. The number of carbonyl (C=O) groups excluding carboxylic acids is 2. The van der Waals surface area contributed by atoms with Gasteiger partial charge in [-0.15, -0.1) is 0 Å². The van der Waals surface area contributed by atoms with Crippen LogP contribution in [0.4, 0.5) is 0 Å². The molecule has 6 heteroatoms. The highest BCUT2D eigenvalue weighted by Gasteiger charge is 2.24. The molecule has 0 rings (SSSR count). The van der Waals surface area contributed by atoms with Crippen LogP contribution in [0.25, 0.3) is 0 Å². The summed E-state index contributed by atoms with van der Waals surface area (Å²) >= 11 is 0. The van der Waals surface area contributed by atoms with E-state index in [9.17, 15) is 19.8 Å². The van der Waals surface area contributed by atoms with Crippen molar-refractivity contribution in [3.8, 4) is 0 Å². The lowest BCUT2D eigenvalue weighted by molar-refractivity contribution is -0.151. The molecule has 3 N–H and O–H groups in total. The van der Waals surface area contributed by atoms with Gasteiger partial charge in [-0.3, -0.25) is 9.59 Å². The fourth-order valence-corrected chi connectivity index (χ4v) is 9.08. The fraction of sp³-hybridized carbons (Fsp3) is 0.839. The largest absolute Gasteiger partial charge is 0.462 e. The number of rotatable bonds is 54. The van der Waals surface area contributed by atoms with Crippen molar-refractivity contribution in [1.29, 1.82) is 0 Å². The molecule has 0 radical (unpaired) electrons. The van der Waals surface area contributed by atoms with E-state index in [0.29, 0.717) is 19.3 Å². The molecule has 0 heterocycles. The molecule has 0 aliphatic rings. The molecule has 0 aromatic rings. The van der Waals surface area contributed by atoms with Gasteiger partial charge in [0.1, 0.15) is 6.10 Å². The molecule has 0 aliphatic heterocycles. The lowest BCUT2D eigenvalue weighted by Gasteiger charge is -2.24. The van der Waals surface area contributed by atoms with Crippen LogP contribution in [0.3, 0.4) is 0 Å². The number of amides is 1. The summed E-state index contributed by atoms with van der Waals surface area (Å²) in [7, 11) is 0. The Hall–Kier alpha value is -2.18. The van der Waals surface area contributed by atoms with Crippen molar-refractivity contribution in [2.75, 3.05) is 6.61 Å². The third-order valence-electron chi connectivity index (χ3n) is 13.6. The molecular weight excluding hydrogens is 839 g/mol. The van der Waals surface area contributed by atoms with Crippen molar-refractivity contribution in [1.82, 2.24) is 5.32 Å². The summed E-state index contributed by atoms with van der Waals surface area (Å²) in [4.78, 5) is 26.3. The number of unbranched alkanes of at least 4 members (excludes halogenated alkanes) is 34. The van der Waals surface area contributed by atoms with Crippen molar-refractivity contribution in [3.05, 3.63) is 48.6 Å². The Morgan fingerprint density at radius 2 is 0.750 bits per heavy atom. The molecule has 398 valence electrons. The monoisotopic (exact) mass is 954 g/mol. The second kappa shape index (κ2) is 55.7. The number of allylic oxidation sites excluding steroid dienone is 8. The molecule has 0 spiro atoms. The number of carbonyl (C=O) groups is 2. The van der Waals surface area contributed by atoms with Gasteiger partial charge in [0.25, 0.3) is 0 Å². The third kappa shape index (κ3) is 50.2. The van der Waals surface area contributed by atoms with Crippen molar-refractivity contribution in [2.45, 2.75) is 328 Å². The predicted octanol–water partition coefficient (Wildman–Crippen LogP) is 18.6. The number of aliphatic hydroxyl groups excluding tert-OH is 2. The van der Waals surface area contributed by atoms with Crippen LogP contribution in [0.2, 0.25) is 0 Å². The van der Waals surface area contributed by atoms with E-state index in [4.69, 9.17) is 4.74 Å². The molecule has 0 bridgehead atoms. The molecule has 0 saturated carbocycles. The summed E-state index contributed by atoms with van der Waals surface area (Å²) in [6, 6.07) is -0.716. The fourth-order valence-electron chi connectivity index (χ4n) is 9.08. The number of esters is 1. The van der Waals surface area contributed by atoms with E-state index in [0.717, 1.165) is 77.0 Å². The van der Waals surface area contributed by atoms with Crippen LogP contribution in [-0.4, -0.2) is 46.9 Å². The van der Waals surface area contributed by atoms with Crippen molar-refractivity contribution in [3.63, 3.8) is 0 Å². The van der Waals surface area contributed by atoms with Gasteiger partial charge in [0.05, 0.1) is 25.2 Å². The Balaban J connectivity index is 4.58.